The second-order valence-electron chi connectivity index (χ2n) is 5.93. The average Bonchev–Trinajstić information content (AvgIpc) is 3.01. The van der Waals surface area contributed by atoms with Gasteiger partial charge in [0.1, 0.15) is 12.3 Å². The number of Topliss-reactive ketones (excluding diaryl/α,β-unsaturated/α-hetero) is 1. The quantitative estimate of drug-likeness (QED) is 0.345. The first-order valence-corrected chi connectivity index (χ1v) is 8.92. The number of ketones is 1. The topological polar surface area (TPSA) is 113 Å². The Balaban J connectivity index is 1.84. The van der Waals surface area contributed by atoms with E-state index in [0.717, 1.165) is 0 Å². The van der Waals surface area contributed by atoms with Crippen molar-refractivity contribution in [2.75, 3.05) is 25.4 Å². The van der Waals surface area contributed by atoms with Gasteiger partial charge in [-0.2, -0.15) is 4.68 Å². The van der Waals surface area contributed by atoms with Gasteiger partial charge in [-0.3, -0.25) is 10.2 Å². The molecule has 0 atom stereocenters. The largest absolute Gasteiger partial charge is 0.497 e. The fourth-order valence-corrected chi connectivity index (χ4v) is 2.91. The number of aromatic nitrogens is 3. The van der Waals surface area contributed by atoms with Crippen LogP contribution in [0.25, 0.3) is 0 Å². The zero-order valence-electron chi connectivity index (χ0n) is 15.8. The highest BCUT2D eigenvalue weighted by molar-refractivity contribution is 7.71. The van der Waals surface area contributed by atoms with Crippen molar-refractivity contribution in [3.63, 3.8) is 0 Å². The maximum atomic E-state index is 12.8. The van der Waals surface area contributed by atoms with Crippen LogP contribution in [-0.2, 0) is 11.3 Å². The first-order valence-electron chi connectivity index (χ1n) is 8.51. The van der Waals surface area contributed by atoms with Gasteiger partial charge in [-0.25, -0.2) is 9.48 Å². The number of hydrogen-bond donors (Lipinski definition) is 2. The number of rotatable bonds is 7. The maximum Gasteiger partial charge on any atom is 0.338 e. The second kappa shape index (κ2) is 8.57. The molecule has 2 aromatic carbocycles. The summed E-state index contributed by atoms with van der Waals surface area (Å²) in [4.78, 5) is 24.7. The molecule has 0 radical (unpaired) electrons. The lowest BCUT2D eigenvalue weighted by atomic mass is 10.0. The van der Waals surface area contributed by atoms with Gasteiger partial charge in [0, 0.05) is 5.56 Å². The van der Waals surface area contributed by atoms with Crippen molar-refractivity contribution in [2.45, 2.75) is 6.54 Å². The van der Waals surface area contributed by atoms with Crippen molar-refractivity contribution in [1.29, 1.82) is 0 Å². The minimum Gasteiger partial charge on any atom is -0.497 e. The van der Waals surface area contributed by atoms with Crippen LogP contribution in [0.3, 0.4) is 0 Å². The number of benzene rings is 2. The third-order valence-electron chi connectivity index (χ3n) is 4.12. The Labute approximate surface area is 171 Å². The summed E-state index contributed by atoms with van der Waals surface area (Å²) >= 11 is 5.39. The fraction of sp³-hybridized carbons (Fsp3) is 0.158. The van der Waals surface area contributed by atoms with E-state index < -0.39 is 5.97 Å². The minimum absolute atomic E-state index is 0.0832. The molecule has 0 unspecified atom stereocenters. The van der Waals surface area contributed by atoms with Gasteiger partial charge in [-0.15, -0.1) is 5.10 Å². The van der Waals surface area contributed by atoms with Crippen molar-refractivity contribution in [3.8, 4) is 5.75 Å². The summed E-state index contributed by atoms with van der Waals surface area (Å²) in [7, 11) is 2.84. The molecule has 9 nitrogen and oxygen atoms in total. The summed E-state index contributed by atoms with van der Waals surface area (Å²) in [5.74, 6) is -0.155. The smallest absolute Gasteiger partial charge is 0.338 e. The Kier molecular flexibility index (Phi) is 5.93. The van der Waals surface area contributed by atoms with E-state index in [2.05, 4.69) is 10.5 Å². The van der Waals surface area contributed by atoms with Crippen LogP contribution >= 0.6 is 12.2 Å². The second-order valence-corrected chi connectivity index (χ2v) is 6.30. The number of nitrogen functional groups attached to an aromatic ring is 1. The van der Waals surface area contributed by atoms with Gasteiger partial charge in [0.25, 0.3) is 0 Å². The Bertz CT molecular complexity index is 1100. The zero-order chi connectivity index (χ0) is 21.0. The van der Waals surface area contributed by atoms with E-state index in [0.29, 0.717) is 11.4 Å². The number of hydrogen-bond acceptors (Lipinski definition) is 8. The summed E-state index contributed by atoms with van der Waals surface area (Å²) in [5, 5.41) is 4.13. The Hall–Kier alpha value is -3.66. The van der Waals surface area contributed by atoms with Gasteiger partial charge in [0.05, 0.1) is 25.5 Å². The minimum atomic E-state index is -0.594. The highest BCUT2D eigenvalue weighted by atomic mass is 32.1. The lowest BCUT2D eigenvalue weighted by molar-refractivity contribution is 0.0596. The monoisotopic (exact) mass is 413 g/mol. The first-order chi connectivity index (χ1) is 13.9. The van der Waals surface area contributed by atoms with Crippen LogP contribution in [0.5, 0.6) is 5.75 Å². The molecule has 0 saturated heterocycles. The van der Waals surface area contributed by atoms with Crippen molar-refractivity contribution in [3.05, 3.63) is 64.4 Å². The molecule has 29 heavy (non-hydrogen) atoms. The number of nitrogens with zero attached hydrogens (tertiary/aromatic N) is 3. The zero-order valence-corrected chi connectivity index (χ0v) is 16.6. The number of anilines is 2. The predicted octanol–water partition coefficient (Wildman–Crippen LogP) is 2.55. The number of carbonyl (C=O) groups is 2. The molecule has 0 amide bonds. The van der Waals surface area contributed by atoms with Crippen LogP contribution in [0.2, 0.25) is 0 Å². The van der Waals surface area contributed by atoms with Crippen LogP contribution in [0.15, 0.2) is 48.5 Å². The SMILES string of the molecule is COC(=O)c1ccccc1C(=O)Cn1nc(N)n(Nc2ccc(OC)cc2)c1=S. The lowest BCUT2D eigenvalue weighted by Gasteiger charge is -2.09. The molecule has 0 saturated carbocycles. The van der Waals surface area contributed by atoms with Crippen LogP contribution in [0.4, 0.5) is 11.6 Å². The molecule has 3 N–H and O–H groups in total. The van der Waals surface area contributed by atoms with Crippen molar-refractivity contribution in [2.24, 2.45) is 0 Å². The molecule has 10 heteroatoms. The number of nitrogens with one attached hydrogen (secondary N) is 1. The van der Waals surface area contributed by atoms with Crippen LogP contribution in [0, 0.1) is 4.77 Å². The molecule has 0 bridgehead atoms. The molecular formula is C19H19N5O4S. The molecule has 3 aromatic rings. The molecule has 0 aliphatic carbocycles. The van der Waals surface area contributed by atoms with Crippen LogP contribution in [-0.4, -0.2) is 40.4 Å². The van der Waals surface area contributed by atoms with Crippen molar-refractivity contribution >= 4 is 35.6 Å². The Morgan fingerprint density at radius 3 is 2.38 bits per heavy atom. The molecule has 150 valence electrons. The molecule has 0 fully saturated rings. The van der Waals surface area contributed by atoms with Crippen LogP contribution in [0.1, 0.15) is 20.7 Å². The molecular weight excluding hydrogens is 394 g/mol. The molecule has 3 rings (SSSR count). The number of ether oxygens (including phenoxy) is 2. The standard InChI is InChI=1S/C19H19N5O4S/c1-27-13-9-7-12(8-10-13)21-24-18(20)22-23(19(24)29)11-16(25)14-5-3-4-6-15(14)17(26)28-2/h3-10,21H,11H2,1-2H3,(H2,20,22). The van der Waals surface area contributed by atoms with Crippen LogP contribution < -0.4 is 15.9 Å². The lowest BCUT2D eigenvalue weighted by Crippen LogP contribution is -2.17. The number of nitrogens with two attached hydrogens (primary N) is 1. The Morgan fingerprint density at radius 1 is 1.10 bits per heavy atom. The third kappa shape index (κ3) is 4.27. The summed E-state index contributed by atoms with van der Waals surface area (Å²) in [5.41, 5.74) is 10.1. The molecule has 0 aliphatic rings. The average molecular weight is 413 g/mol. The van der Waals surface area contributed by atoms with Crippen molar-refractivity contribution in [1.82, 2.24) is 14.5 Å². The van der Waals surface area contributed by atoms with Gasteiger partial charge in [-0.05, 0) is 42.5 Å². The Morgan fingerprint density at radius 2 is 1.76 bits per heavy atom. The molecule has 0 aliphatic heterocycles. The fourth-order valence-electron chi connectivity index (χ4n) is 2.66. The number of carbonyl (C=O) groups excluding carboxylic acids is 2. The summed E-state index contributed by atoms with van der Waals surface area (Å²) in [6.45, 7) is -0.186. The van der Waals surface area contributed by atoms with Gasteiger partial charge in [-0.1, -0.05) is 18.2 Å². The summed E-state index contributed by atoms with van der Waals surface area (Å²) in [6.07, 6.45) is 0. The van der Waals surface area contributed by atoms with E-state index >= 15 is 0 Å². The number of esters is 1. The highest BCUT2D eigenvalue weighted by Crippen LogP contribution is 2.17. The highest BCUT2D eigenvalue weighted by Gasteiger charge is 2.19. The normalized spacial score (nSPS) is 10.4. The third-order valence-corrected chi connectivity index (χ3v) is 4.51. The van der Waals surface area contributed by atoms with E-state index in [1.807, 2.05) is 0 Å². The van der Waals surface area contributed by atoms with Gasteiger partial charge in [0.2, 0.25) is 10.7 Å². The van der Waals surface area contributed by atoms with E-state index in [4.69, 9.17) is 27.4 Å². The molecule has 0 spiro atoms. The van der Waals surface area contributed by atoms with Gasteiger partial charge < -0.3 is 15.2 Å². The van der Waals surface area contributed by atoms with E-state index in [-0.39, 0.29) is 34.2 Å². The van der Waals surface area contributed by atoms with E-state index in [9.17, 15) is 9.59 Å². The first kappa shape index (κ1) is 20.1. The van der Waals surface area contributed by atoms with Gasteiger partial charge in [0.15, 0.2) is 5.78 Å². The predicted molar refractivity (Wildman–Crippen MR) is 110 cm³/mol. The maximum absolute atomic E-state index is 12.8. The van der Waals surface area contributed by atoms with Crippen molar-refractivity contribution < 1.29 is 19.1 Å². The van der Waals surface area contributed by atoms with E-state index in [1.54, 1.807) is 49.6 Å². The molecule has 1 heterocycles. The summed E-state index contributed by atoms with van der Waals surface area (Å²) < 4.78 is 12.7. The summed E-state index contributed by atoms with van der Waals surface area (Å²) in [6, 6.07) is 13.5. The number of methoxy groups -OCH3 is 2. The molecule has 1 aromatic heterocycles. The van der Waals surface area contributed by atoms with Gasteiger partial charge >= 0.3 is 5.97 Å². The van der Waals surface area contributed by atoms with E-state index in [1.165, 1.54) is 22.5 Å².